The van der Waals surface area contributed by atoms with Crippen LogP contribution in [0.15, 0.2) is 66.9 Å². The number of carbonyl (C=O) groups excluding carboxylic acids is 2. The SMILES string of the molecule is C=CCOC(=O)c1sc(N2C(=O)C(O)=C(c3nc4ccccc4s3)C2c2ccc(CC)cc2)nc1C. The predicted molar refractivity (Wildman–Crippen MR) is 143 cm³/mol. The average Bonchev–Trinajstić information content (AvgIpc) is 3.56. The molecule has 7 nitrogen and oxygen atoms in total. The molecule has 1 aliphatic heterocycles. The summed E-state index contributed by atoms with van der Waals surface area (Å²) >= 11 is 2.48. The number of ether oxygens (including phenoxy) is 1. The lowest BCUT2D eigenvalue weighted by Gasteiger charge is -2.24. The van der Waals surface area contributed by atoms with Crippen molar-refractivity contribution >= 4 is 55.5 Å². The van der Waals surface area contributed by atoms with Crippen molar-refractivity contribution < 1.29 is 19.4 Å². The maximum absolute atomic E-state index is 13.5. The molecule has 0 aliphatic carbocycles. The average molecular weight is 518 g/mol. The number of para-hydroxylation sites is 1. The van der Waals surface area contributed by atoms with Crippen LogP contribution in [-0.4, -0.2) is 33.6 Å². The zero-order valence-corrected chi connectivity index (χ0v) is 21.4. The normalized spacial score (nSPS) is 15.7. The summed E-state index contributed by atoms with van der Waals surface area (Å²) in [6, 6.07) is 15.0. The molecule has 0 bridgehead atoms. The second-order valence-electron chi connectivity index (χ2n) is 8.22. The highest BCUT2D eigenvalue weighted by atomic mass is 32.1. The van der Waals surface area contributed by atoms with Crippen molar-refractivity contribution in [2.24, 2.45) is 0 Å². The molecule has 0 saturated heterocycles. The van der Waals surface area contributed by atoms with Crippen molar-refractivity contribution in [1.82, 2.24) is 9.97 Å². The molecule has 5 rings (SSSR count). The number of aromatic nitrogens is 2. The van der Waals surface area contributed by atoms with Crippen LogP contribution in [-0.2, 0) is 16.0 Å². The van der Waals surface area contributed by atoms with Crippen LogP contribution in [0.25, 0.3) is 15.8 Å². The first kappa shape index (κ1) is 23.9. The zero-order valence-electron chi connectivity index (χ0n) is 19.7. The first-order valence-corrected chi connectivity index (χ1v) is 13.0. The number of aryl methyl sites for hydroxylation is 2. The van der Waals surface area contributed by atoms with E-state index in [9.17, 15) is 14.7 Å². The second-order valence-corrected chi connectivity index (χ2v) is 10.2. The third kappa shape index (κ3) is 4.10. The Morgan fingerprint density at radius 2 is 1.92 bits per heavy atom. The van der Waals surface area contributed by atoms with Gasteiger partial charge in [0.1, 0.15) is 16.5 Å². The van der Waals surface area contributed by atoms with Gasteiger partial charge in [0.15, 0.2) is 10.9 Å². The Labute approximate surface area is 216 Å². The minimum absolute atomic E-state index is 0.0741. The third-order valence-electron chi connectivity index (χ3n) is 5.95. The van der Waals surface area contributed by atoms with Crippen LogP contribution >= 0.6 is 22.7 Å². The number of rotatable bonds is 7. The van der Waals surface area contributed by atoms with E-state index >= 15 is 0 Å². The molecule has 0 spiro atoms. The van der Waals surface area contributed by atoms with Gasteiger partial charge in [-0.2, -0.15) is 0 Å². The van der Waals surface area contributed by atoms with Crippen LogP contribution in [0.2, 0.25) is 0 Å². The molecule has 0 fully saturated rings. The number of amides is 1. The smallest absolute Gasteiger partial charge is 0.350 e. The van der Waals surface area contributed by atoms with E-state index in [-0.39, 0.29) is 12.4 Å². The maximum atomic E-state index is 13.5. The lowest BCUT2D eigenvalue weighted by Crippen LogP contribution is -2.30. The van der Waals surface area contributed by atoms with Gasteiger partial charge in [-0.3, -0.25) is 9.69 Å². The fourth-order valence-corrected chi connectivity index (χ4v) is 6.16. The summed E-state index contributed by atoms with van der Waals surface area (Å²) in [5, 5.41) is 12.0. The Kier molecular flexibility index (Phi) is 6.42. The Morgan fingerprint density at radius 1 is 1.17 bits per heavy atom. The topological polar surface area (TPSA) is 92.6 Å². The van der Waals surface area contributed by atoms with Gasteiger partial charge in [-0.1, -0.05) is 67.3 Å². The monoisotopic (exact) mass is 517 g/mol. The van der Waals surface area contributed by atoms with Crippen LogP contribution in [0.4, 0.5) is 5.13 Å². The molecule has 0 radical (unpaired) electrons. The lowest BCUT2D eigenvalue weighted by molar-refractivity contribution is -0.117. The van der Waals surface area contributed by atoms with Crippen molar-refractivity contribution in [2.45, 2.75) is 26.3 Å². The largest absolute Gasteiger partial charge is 0.503 e. The van der Waals surface area contributed by atoms with Crippen LogP contribution < -0.4 is 4.90 Å². The zero-order chi connectivity index (χ0) is 25.4. The van der Waals surface area contributed by atoms with E-state index in [0.717, 1.165) is 39.1 Å². The van der Waals surface area contributed by atoms with E-state index in [4.69, 9.17) is 9.72 Å². The predicted octanol–water partition coefficient (Wildman–Crippen LogP) is 6.02. The van der Waals surface area contributed by atoms with Crippen molar-refractivity contribution in [2.75, 3.05) is 11.5 Å². The fraction of sp³-hybridized carbons (Fsp3) is 0.185. The van der Waals surface area contributed by atoms with Crippen molar-refractivity contribution in [3.8, 4) is 0 Å². The molecule has 9 heteroatoms. The molecule has 182 valence electrons. The lowest BCUT2D eigenvalue weighted by atomic mass is 9.98. The molecular formula is C27H23N3O4S2. The standard InChI is InChI=1S/C27H23N3O4S2/c1-4-14-34-26(33)23-15(3)28-27(36-23)30-21(17-12-10-16(5-2)11-13-17)20(22(31)25(30)32)24-29-18-8-6-7-9-19(18)35-24/h4,6-13,21,31H,1,5,14H2,2-3H3. The number of carbonyl (C=O) groups is 2. The van der Waals surface area contributed by atoms with Gasteiger partial charge in [-0.05, 0) is 36.6 Å². The summed E-state index contributed by atoms with van der Waals surface area (Å²) in [6.45, 7) is 7.40. The van der Waals surface area contributed by atoms with Gasteiger partial charge in [0.05, 0.1) is 27.5 Å². The van der Waals surface area contributed by atoms with Gasteiger partial charge in [0.2, 0.25) is 0 Å². The number of esters is 1. The van der Waals surface area contributed by atoms with E-state index in [1.165, 1.54) is 22.3 Å². The first-order chi connectivity index (χ1) is 17.4. The Hall–Kier alpha value is -3.82. The molecule has 1 amide bonds. The number of anilines is 1. The van der Waals surface area contributed by atoms with E-state index in [1.807, 2.05) is 48.5 Å². The number of hydrogen-bond acceptors (Lipinski definition) is 8. The van der Waals surface area contributed by atoms with Crippen LogP contribution in [0.3, 0.4) is 0 Å². The summed E-state index contributed by atoms with van der Waals surface area (Å²) in [4.78, 5) is 37.0. The highest BCUT2D eigenvalue weighted by Gasteiger charge is 2.45. The number of hydrogen-bond donors (Lipinski definition) is 1. The number of thiazole rings is 2. The van der Waals surface area contributed by atoms with Gasteiger partial charge in [-0.25, -0.2) is 14.8 Å². The summed E-state index contributed by atoms with van der Waals surface area (Å²) < 4.78 is 6.14. The molecule has 2 aromatic heterocycles. The molecule has 1 aliphatic rings. The number of aliphatic hydroxyl groups excluding tert-OH is 1. The van der Waals surface area contributed by atoms with Crippen LogP contribution in [0.1, 0.15) is 44.5 Å². The molecule has 1 unspecified atom stereocenters. The minimum Gasteiger partial charge on any atom is -0.503 e. The van der Waals surface area contributed by atoms with E-state index in [1.54, 1.807) is 6.92 Å². The van der Waals surface area contributed by atoms with Crippen LogP contribution in [0.5, 0.6) is 0 Å². The van der Waals surface area contributed by atoms with Crippen LogP contribution in [0, 0.1) is 6.92 Å². The first-order valence-electron chi connectivity index (χ1n) is 11.4. The molecule has 0 saturated carbocycles. The molecular weight excluding hydrogens is 494 g/mol. The van der Waals surface area contributed by atoms with Gasteiger partial charge in [0, 0.05) is 0 Å². The number of benzene rings is 2. The van der Waals surface area contributed by atoms with Crippen molar-refractivity contribution in [1.29, 1.82) is 0 Å². The molecule has 1 atom stereocenters. The fourth-order valence-electron chi connectivity index (χ4n) is 4.13. The summed E-state index contributed by atoms with van der Waals surface area (Å²) in [5.41, 5.74) is 3.63. The molecule has 4 aromatic rings. The maximum Gasteiger partial charge on any atom is 0.350 e. The molecule has 3 heterocycles. The number of fused-ring (bicyclic) bond motifs is 1. The van der Waals surface area contributed by atoms with Gasteiger partial charge >= 0.3 is 5.97 Å². The number of nitrogens with zero attached hydrogens (tertiary/aromatic N) is 3. The molecule has 1 N–H and O–H groups in total. The van der Waals surface area contributed by atoms with Gasteiger partial charge in [-0.15, -0.1) is 11.3 Å². The van der Waals surface area contributed by atoms with Crippen molar-refractivity contribution in [3.63, 3.8) is 0 Å². The van der Waals surface area contributed by atoms with Gasteiger partial charge < -0.3 is 9.84 Å². The number of aliphatic hydroxyl groups is 1. The summed E-state index contributed by atoms with van der Waals surface area (Å²) in [7, 11) is 0. The molecule has 36 heavy (non-hydrogen) atoms. The highest BCUT2D eigenvalue weighted by Crippen LogP contribution is 2.48. The minimum atomic E-state index is -0.661. The quantitative estimate of drug-likeness (QED) is 0.238. The highest BCUT2D eigenvalue weighted by molar-refractivity contribution is 7.19. The van der Waals surface area contributed by atoms with E-state index < -0.39 is 17.9 Å². The molecule has 2 aromatic carbocycles. The Bertz CT molecular complexity index is 1480. The van der Waals surface area contributed by atoms with E-state index in [2.05, 4.69) is 18.5 Å². The van der Waals surface area contributed by atoms with E-state index in [0.29, 0.717) is 26.3 Å². The second kappa shape index (κ2) is 9.67. The summed E-state index contributed by atoms with van der Waals surface area (Å²) in [5.74, 6) is -1.49. The Morgan fingerprint density at radius 3 is 2.61 bits per heavy atom. The summed E-state index contributed by atoms with van der Waals surface area (Å²) in [6.07, 6.45) is 2.36. The van der Waals surface area contributed by atoms with Gasteiger partial charge in [0.25, 0.3) is 5.91 Å². The van der Waals surface area contributed by atoms with Crippen molar-refractivity contribution in [3.05, 3.63) is 93.7 Å². The third-order valence-corrected chi connectivity index (χ3v) is 8.15. The Balaban J connectivity index is 1.64.